The third kappa shape index (κ3) is 1.71. The van der Waals surface area contributed by atoms with Crippen molar-refractivity contribution in [3.63, 3.8) is 0 Å². The molecule has 0 fully saturated rings. The van der Waals surface area contributed by atoms with Crippen LogP contribution in [0.5, 0.6) is 5.75 Å². The van der Waals surface area contributed by atoms with E-state index < -0.39 is 0 Å². The highest BCUT2D eigenvalue weighted by molar-refractivity contribution is 6.30. The number of halogens is 1. The summed E-state index contributed by atoms with van der Waals surface area (Å²) in [6.45, 7) is 6.90. The number of allylic oxidation sites excluding steroid dienone is 1. The molecule has 0 saturated carbocycles. The van der Waals surface area contributed by atoms with Gasteiger partial charge in [0.05, 0.1) is 0 Å². The van der Waals surface area contributed by atoms with Gasteiger partial charge in [0.2, 0.25) is 0 Å². The second-order valence-electron chi connectivity index (χ2n) is 7.97. The van der Waals surface area contributed by atoms with Crippen molar-refractivity contribution in [3.8, 4) is 16.9 Å². The average molecular weight is 337 g/mol. The first-order chi connectivity index (χ1) is 11.5. The molecule has 24 heavy (non-hydrogen) atoms. The molecule has 0 N–H and O–H groups in total. The van der Waals surface area contributed by atoms with E-state index in [1.54, 1.807) is 0 Å². The van der Waals surface area contributed by atoms with Crippen LogP contribution in [0.3, 0.4) is 0 Å². The van der Waals surface area contributed by atoms with Crippen LogP contribution in [0.1, 0.15) is 49.8 Å². The molecule has 0 amide bonds. The van der Waals surface area contributed by atoms with Gasteiger partial charge in [0.1, 0.15) is 11.9 Å². The summed E-state index contributed by atoms with van der Waals surface area (Å²) in [7, 11) is 0. The lowest BCUT2D eigenvalue weighted by Crippen LogP contribution is -2.24. The van der Waals surface area contributed by atoms with E-state index in [0.29, 0.717) is 11.8 Å². The molecule has 2 aromatic rings. The molecule has 1 nitrogen and oxygen atoms in total. The van der Waals surface area contributed by atoms with Gasteiger partial charge in [-0.2, -0.15) is 0 Å². The average Bonchev–Trinajstić information content (AvgIpc) is 3.03. The number of rotatable bonds is 0. The fourth-order valence-electron chi connectivity index (χ4n) is 4.92. The van der Waals surface area contributed by atoms with Crippen LogP contribution in [0, 0.1) is 5.92 Å². The first-order valence-corrected chi connectivity index (χ1v) is 9.17. The third-order valence-electron chi connectivity index (χ3n) is 6.20. The smallest absolute Gasteiger partial charge is 0.132 e. The van der Waals surface area contributed by atoms with E-state index in [2.05, 4.69) is 57.2 Å². The first kappa shape index (κ1) is 14.6. The van der Waals surface area contributed by atoms with Gasteiger partial charge < -0.3 is 4.74 Å². The maximum absolute atomic E-state index is 6.48. The Balaban J connectivity index is 1.79. The Morgan fingerprint density at radius 2 is 1.96 bits per heavy atom. The van der Waals surface area contributed by atoms with Crippen LogP contribution >= 0.6 is 11.6 Å². The van der Waals surface area contributed by atoms with Crippen LogP contribution in [0.4, 0.5) is 0 Å². The third-order valence-corrected chi connectivity index (χ3v) is 6.43. The van der Waals surface area contributed by atoms with Crippen molar-refractivity contribution in [2.24, 2.45) is 5.92 Å². The van der Waals surface area contributed by atoms with Crippen LogP contribution in [-0.4, -0.2) is 6.10 Å². The van der Waals surface area contributed by atoms with Crippen molar-refractivity contribution >= 4 is 11.6 Å². The summed E-state index contributed by atoms with van der Waals surface area (Å²) in [4.78, 5) is 0. The summed E-state index contributed by atoms with van der Waals surface area (Å²) in [5.74, 6) is 2.21. The molecule has 0 spiro atoms. The molecule has 1 unspecified atom stereocenters. The maximum Gasteiger partial charge on any atom is 0.132 e. The lowest BCUT2D eigenvalue weighted by molar-refractivity contribution is 0.217. The van der Waals surface area contributed by atoms with Crippen molar-refractivity contribution in [3.05, 3.63) is 64.2 Å². The summed E-state index contributed by atoms with van der Waals surface area (Å²) < 4.78 is 6.48. The summed E-state index contributed by atoms with van der Waals surface area (Å²) in [5.41, 5.74) is 6.58. The molecule has 3 atom stereocenters. The Bertz CT molecular complexity index is 893. The molecule has 2 aliphatic carbocycles. The number of benzene rings is 2. The fourth-order valence-corrected chi connectivity index (χ4v) is 5.09. The maximum atomic E-state index is 6.48. The Labute approximate surface area is 148 Å². The van der Waals surface area contributed by atoms with Gasteiger partial charge in [-0.15, -0.1) is 0 Å². The van der Waals surface area contributed by atoms with Crippen molar-refractivity contribution in [1.29, 1.82) is 0 Å². The van der Waals surface area contributed by atoms with E-state index in [4.69, 9.17) is 16.3 Å². The second kappa shape index (κ2) is 4.67. The highest BCUT2D eigenvalue weighted by Crippen LogP contribution is 2.58. The van der Waals surface area contributed by atoms with Crippen molar-refractivity contribution in [1.82, 2.24) is 0 Å². The standard InChI is InChI=1S/C22H21ClO/c1-12-5-4-6-18-19(12)15-9-10-16-20(21(15)24-18)14-8-7-13(23)11-17(14)22(16,2)3/h4,6-12,18-19H,5H2,1-3H3/t12-,18+,19?/m0/s1. The van der Waals surface area contributed by atoms with Gasteiger partial charge in [-0.25, -0.2) is 0 Å². The van der Waals surface area contributed by atoms with E-state index in [-0.39, 0.29) is 11.5 Å². The van der Waals surface area contributed by atoms with Crippen LogP contribution in [-0.2, 0) is 5.41 Å². The van der Waals surface area contributed by atoms with Gasteiger partial charge in [0.15, 0.2) is 0 Å². The molecule has 3 aliphatic rings. The van der Waals surface area contributed by atoms with Gasteiger partial charge in [-0.3, -0.25) is 0 Å². The van der Waals surface area contributed by atoms with Crippen molar-refractivity contribution in [2.45, 2.75) is 44.6 Å². The second-order valence-corrected chi connectivity index (χ2v) is 8.41. The predicted molar refractivity (Wildman–Crippen MR) is 99.1 cm³/mol. The highest BCUT2D eigenvalue weighted by atomic mass is 35.5. The highest BCUT2D eigenvalue weighted by Gasteiger charge is 2.44. The zero-order valence-electron chi connectivity index (χ0n) is 14.3. The van der Waals surface area contributed by atoms with Gasteiger partial charge in [-0.1, -0.05) is 56.6 Å². The zero-order chi connectivity index (χ0) is 16.6. The molecular weight excluding hydrogens is 316 g/mol. The Kier molecular flexibility index (Phi) is 2.84. The van der Waals surface area contributed by atoms with E-state index in [0.717, 1.165) is 17.2 Å². The van der Waals surface area contributed by atoms with Gasteiger partial charge in [-0.05, 0) is 47.2 Å². The Morgan fingerprint density at radius 3 is 2.79 bits per heavy atom. The number of fused-ring (bicyclic) bond motifs is 7. The quantitative estimate of drug-likeness (QED) is 0.529. The van der Waals surface area contributed by atoms with E-state index in [9.17, 15) is 0 Å². The van der Waals surface area contributed by atoms with Crippen molar-refractivity contribution in [2.75, 3.05) is 0 Å². The zero-order valence-corrected chi connectivity index (χ0v) is 15.0. The Hall–Kier alpha value is -1.73. The molecule has 122 valence electrons. The van der Waals surface area contributed by atoms with E-state index >= 15 is 0 Å². The predicted octanol–water partition coefficient (Wildman–Crippen LogP) is 6.09. The van der Waals surface area contributed by atoms with Crippen LogP contribution in [0.2, 0.25) is 5.02 Å². The minimum Gasteiger partial charge on any atom is -0.485 e. The molecule has 1 heterocycles. The molecule has 1 aliphatic heterocycles. The molecule has 0 bridgehead atoms. The minimum absolute atomic E-state index is 0.0385. The number of hydrogen-bond donors (Lipinski definition) is 0. The molecular formula is C22H21ClO. The summed E-state index contributed by atoms with van der Waals surface area (Å²) in [6, 6.07) is 10.9. The molecule has 5 rings (SSSR count). The molecule has 0 radical (unpaired) electrons. The van der Waals surface area contributed by atoms with Crippen LogP contribution in [0.15, 0.2) is 42.5 Å². The van der Waals surface area contributed by atoms with Crippen molar-refractivity contribution < 1.29 is 4.74 Å². The number of ether oxygens (including phenoxy) is 1. The largest absolute Gasteiger partial charge is 0.485 e. The summed E-state index contributed by atoms with van der Waals surface area (Å²) in [5, 5.41) is 0.803. The summed E-state index contributed by atoms with van der Waals surface area (Å²) >= 11 is 6.29. The van der Waals surface area contributed by atoms with Gasteiger partial charge >= 0.3 is 0 Å². The van der Waals surface area contributed by atoms with E-state index in [1.165, 1.54) is 27.8 Å². The Morgan fingerprint density at radius 1 is 1.12 bits per heavy atom. The lowest BCUT2D eigenvalue weighted by Gasteiger charge is -2.26. The lowest BCUT2D eigenvalue weighted by atomic mass is 9.77. The first-order valence-electron chi connectivity index (χ1n) is 8.79. The normalized spacial score (nSPS) is 27.9. The summed E-state index contributed by atoms with van der Waals surface area (Å²) in [6.07, 6.45) is 5.85. The van der Waals surface area contributed by atoms with E-state index in [1.807, 2.05) is 6.07 Å². The SMILES string of the molecule is C[C@H]1CC=C[C@H]2Oc3c(ccc4c3-c3ccc(Cl)cc3C4(C)C)C12. The molecule has 0 aromatic heterocycles. The minimum atomic E-state index is -0.0385. The van der Waals surface area contributed by atoms with Gasteiger partial charge in [0.25, 0.3) is 0 Å². The number of hydrogen-bond acceptors (Lipinski definition) is 1. The molecule has 2 aromatic carbocycles. The van der Waals surface area contributed by atoms with Gasteiger partial charge in [0, 0.05) is 27.5 Å². The fraction of sp³-hybridized carbons (Fsp3) is 0.364. The molecule has 0 saturated heterocycles. The monoisotopic (exact) mass is 336 g/mol. The molecule has 2 heteroatoms. The van der Waals surface area contributed by atoms with Crippen LogP contribution in [0.25, 0.3) is 11.1 Å². The van der Waals surface area contributed by atoms with Crippen LogP contribution < -0.4 is 4.74 Å². The topological polar surface area (TPSA) is 9.23 Å².